The predicted molar refractivity (Wildman–Crippen MR) is 83.0 cm³/mol. The second kappa shape index (κ2) is 6.93. The monoisotopic (exact) mass is 310 g/mol. The molecule has 0 aromatic heterocycles. The van der Waals surface area contributed by atoms with E-state index in [1.807, 2.05) is 12.1 Å². The summed E-state index contributed by atoms with van der Waals surface area (Å²) in [5.74, 6) is 0.488. The van der Waals surface area contributed by atoms with Gasteiger partial charge in [-0.25, -0.2) is 13.2 Å². The zero-order valence-electron chi connectivity index (χ0n) is 12.3. The quantitative estimate of drug-likeness (QED) is 0.860. The Hall–Kier alpha value is -1.56. The fourth-order valence-electron chi connectivity index (χ4n) is 2.53. The Morgan fingerprint density at radius 1 is 1.29 bits per heavy atom. The van der Waals surface area contributed by atoms with Gasteiger partial charge in [0.25, 0.3) is 0 Å². The first-order chi connectivity index (χ1) is 9.96. The molecule has 21 heavy (non-hydrogen) atoms. The summed E-state index contributed by atoms with van der Waals surface area (Å²) in [4.78, 5) is 11.7. The van der Waals surface area contributed by atoms with E-state index in [4.69, 9.17) is 0 Å². The number of hydrogen-bond donors (Lipinski definition) is 2. The van der Waals surface area contributed by atoms with Crippen LogP contribution < -0.4 is 10.6 Å². The molecule has 2 amide bonds. The fraction of sp³-hybridized carbons (Fsp3) is 0.533. The van der Waals surface area contributed by atoms with E-state index < -0.39 is 9.84 Å². The number of hydrogen-bond acceptors (Lipinski definition) is 3. The average molecular weight is 310 g/mol. The van der Waals surface area contributed by atoms with Crippen LogP contribution in [0.3, 0.4) is 0 Å². The normalized spacial score (nSPS) is 20.1. The van der Waals surface area contributed by atoms with E-state index in [2.05, 4.69) is 29.7 Å². The van der Waals surface area contributed by atoms with E-state index in [1.165, 1.54) is 11.1 Å². The van der Waals surface area contributed by atoms with Gasteiger partial charge in [0.15, 0.2) is 9.84 Å². The lowest BCUT2D eigenvalue weighted by Crippen LogP contribution is -2.39. The molecule has 5 nitrogen and oxygen atoms in total. The first-order valence-corrected chi connectivity index (χ1v) is 9.05. The molecule has 1 aromatic rings. The minimum Gasteiger partial charge on any atom is -0.338 e. The van der Waals surface area contributed by atoms with Gasteiger partial charge in [-0.3, -0.25) is 0 Å². The van der Waals surface area contributed by atoms with Gasteiger partial charge in [0.1, 0.15) is 0 Å². The van der Waals surface area contributed by atoms with E-state index >= 15 is 0 Å². The predicted octanol–water partition coefficient (Wildman–Crippen LogP) is 1.27. The molecular formula is C15H22N2O3S. The molecule has 0 unspecified atom stereocenters. The number of sulfone groups is 1. The van der Waals surface area contributed by atoms with Crippen LogP contribution in [0.15, 0.2) is 24.3 Å². The van der Waals surface area contributed by atoms with Crippen molar-refractivity contribution in [1.82, 2.24) is 10.6 Å². The van der Waals surface area contributed by atoms with Crippen LogP contribution in [0.2, 0.25) is 0 Å². The number of carbonyl (C=O) groups excluding carboxylic acids is 1. The number of benzene rings is 1. The van der Waals surface area contributed by atoms with Crippen molar-refractivity contribution in [2.75, 3.05) is 24.6 Å². The van der Waals surface area contributed by atoms with Crippen LogP contribution in [0.1, 0.15) is 17.5 Å². The highest BCUT2D eigenvalue weighted by Gasteiger charge is 2.27. The lowest BCUT2D eigenvalue weighted by molar-refractivity contribution is 0.239. The van der Waals surface area contributed by atoms with E-state index in [0.29, 0.717) is 19.5 Å². The molecular weight excluding hydrogens is 288 g/mol. The van der Waals surface area contributed by atoms with Crippen LogP contribution in [0, 0.1) is 12.8 Å². The molecule has 2 N–H and O–H groups in total. The molecule has 0 saturated carbocycles. The molecule has 6 heteroatoms. The Labute approximate surface area is 126 Å². The number of amides is 2. The Bertz CT molecular complexity index is 599. The summed E-state index contributed by atoms with van der Waals surface area (Å²) in [5.41, 5.74) is 2.44. The van der Waals surface area contributed by atoms with Crippen LogP contribution in [0.5, 0.6) is 0 Å². The van der Waals surface area contributed by atoms with Gasteiger partial charge in [0.2, 0.25) is 0 Å². The molecule has 0 aliphatic carbocycles. The number of carbonyl (C=O) groups is 1. The Morgan fingerprint density at radius 2 is 2.05 bits per heavy atom. The van der Waals surface area contributed by atoms with E-state index in [0.717, 1.165) is 6.42 Å². The van der Waals surface area contributed by atoms with Crippen molar-refractivity contribution in [3.05, 3.63) is 35.4 Å². The largest absolute Gasteiger partial charge is 0.338 e. The molecule has 0 spiro atoms. The van der Waals surface area contributed by atoms with Gasteiger partial charge in [-0.1, -0.05) is 24.3 Å². The minimum absolute atomic E-state index is 0.0529. The van der Waals surface area contributed by atoms with Crippen molar-refractivity contribution in [3.8, 4) is 0 Å². The van der Waals surface area contributed by atoms with Gasteiger partial charge in [-0.05, 0) is 36.8 Å². The van der Waals surface area contributed by atoms with E-state index in [9.17, 15) is 13.2 Å². The lowest BCUT2D eigenvalue weighted by Gasteiger charge is -2.11. The maximum Gasteiger partial charge on any atom is 0.314 e. The highest BCUT2D eigenvalue weighted by atomic mass is 32.2. The molecule has 0 bridgehead atoms. The maximum atomic E-state index is 11.7. The Morgan fingerprint density at radius 3 is 2.71 bits per heavy atom. The van der Waals surface area contributed by atoms with Crippen molar-refractivity contribution in [2.45, 2.75) is 19.8 Å². The van der Waals surface area contributed by atoms with Crippen LogP contribution in [0.4, 0.5) is 4.79 Å². The summed E-state index contributed by atoms with van der Waals surface area (Å²) < 4.78 is 22.6. The maximum absolute atomic E-state index is 11.7. The van der Waals surface area contributed by atoms with Gasteiger partial charge in [0, 0.05) is 13.1 Å². The van der Waals surface area contributed by atoms with E-state index in [1.54, 1.807) is 0 Å². The van der Waals surface area contributed by atoms with Gasteiger partial charge < -0.3 is 10.6 Å². The number of aryl methyl sites for hydroxylation is 1. The molecule has 1 aromatic carbocycles. The topological polar surface area (TPSA) is 75.3 Å². The fourth-order valence-corrected chi connectivity index (χ4v) is 4.40. The van der Waals surface area contributed by atoms with Gasteiger partial charge in [-0.15, -0.1) is 0 Å². The molecule has 1 heterocycles. The second-order valence-corrected chi connectivity index (χ2v) is 7.81. The Kier molecular flexibility index (Phi) is 5.22. The first-order valence-electron chi connectivity index (χ1n) is 7.23. The van der Waals surface area contributed by atoms with Crippen LogP contribution >= 0.6 is 0 Å². The molecule has 1 atom stereocenters. The number of rotatable bonds is 5. The number of nitrogens with one attached hydrogen (secondary N) is 2. The molecule has 1 aliphatic rings. The summed E-state index contributed by atoms with van der Waals surface area (Å²) in [6, 6.07) is 7.86. The van der Waals surface area contributed by atoms with Crippen molar-refractivity contribution in [1.29, 1.82) is 0 Å². The highest BCUT2D eigenvalue weighted by molar-refractivity contribution is 7.91. The van der Waals surface area contributed by atoms with Crippen molar-refractivity contribution < 1.29 is 13.2 Å². The standard InChI is InChI=1S/C15H22N2O3S/c1-12-4-2-3-5-14(12)6-8-16-15(18)17-10-13-7-9-21(19,20)11-13/h2-5,13H,6-11H2,1H3,(H2,16,17,18)/t13-/m0/s1. The lowest BCUT2D eigenvalue weighted by atomic mass is 10.1. The zero-order valence-corrected chi connectivity index (χ0v) is 13.1. The summed E-state index contributed by atoms with van der Waals surface area (Å²) in [6.07, 6.45) is 1.43. The van der Waals surface area contributed by atoms with Crippen LogP contribution in [-0.4, -0.2) is 39.0 Å². The third kappa shape index (κ3) is 5.04. The minimum atomic E-state index is -2.87. The van der Waals surface area contributed by atoms with Crippen molar-refractivity contribution in [3.63, 3.8) is 0 Å². The van der Waals surface area contributed by atoms with Crippen LogP contribution in [-0.2, 0) is 16.3 Å². The molecule has 0 radical (unpaired) electrons. The second-order valence-electron chi connectivity index (χ2n) is 5.58. The summed E-state index contributed by atoms with van der Waals surface area (Å²) in [5, 5.41) is 5.55. The Balaban J connectivity index is 1.65. The molecule has 1 aliphatic heterocycles. The summed E-state index contributed by atoms with van der Waals surface area (Å²) in [7, 11) is -2.87. The highest BCUT2D eigenvalue weighted by Crippen LogP contribution is 2.17. The number of urea groups is 1. The molecule has 116 valence electrons. The summed E-state index contributed by atoms with van der Waals surface area (Å²) in [6.45, 7) is 3.05. The molecule has 1 saturated heterocycles. The molecule has 2 rings (SSSR count). The first kappa shape index (κ1) is 15.8. The average Bonchev–Trinajstić information content (AvgIpc) is 2.78. The smallest absolute Gasteiger partial charge is 0.314 e. The third-order valence-electron chi connectivity index (χ3n) is 3.82. The van der Waals surface area contributed by atoms with Gasteiger partial charge in [-0.2, -0.15) is 0 Å². The van der Waals surface area contributed by atoms with Gasteiger partial charge >= 0.3 is 6.03 Å². The summed E-state index contributed by atoms with van der Waals surface area (Å²) >= 11 is 0. The van der Waals surface area contributed by atoms with Gasteiger partial charge in [0.05, 0.1) is 11.5 Å². The SMILES string of the molecule is Cc1ccccc1CCNC(=O)NC[C@@H]1CCS(=O)(=O)C1. The van der Waals surface area contributed by atoms with Crippen LogP contribution in [0.25, 0.3) is 0 Å². The van der Waals surface area contributed by atoms with Crippen molar-refractivity contribution in [2.24, 2.45) is 5.92 Å². The third-order valence-corrected chi connectivity index (χ3v) is 5.66. The van der Waals surface area contributed by atoms with Crippen molar-refractivity contribution >= 4 is 15.9 Å². The van der Waals surface area contributed by atoms with E-state index in [-0.39, 0.29) is 23.5 Å². The zero-order chi connectivity index (χ0) is 15.3. The molecule has 1 fully saturated rings.